The number of amides is 1. The predicted octanol–water partition coefficient (Wildman–Crippen LogP) is 3.88. The minimum atomic E-state index is -3.17. The van der Waals surface area contributed by atoms with Gasteiger partial charge in [-0.2, -0.15) is 0 Å². The van der Waals surface area contributed by atoms with Crippen molar-refractivity contribution in [1.82, 2.24) is 5.32 Å². The van der Waals surface area contributed by atoms with Crippen LogP contribution in [0.2, 0.25) is 0 Å². The van der Waals surface area contributed by atoms with Crippen LogP contribution in [0, 0.1) is 0 Å². The van der Waals surface area contributed by atoms with E-state index in [0.717, 1.165) is 23.3 Å². The third-order valence-corrected chi connectivity index (χ3v) is 7.84. The topological polar surface area (TPSA) is 63.2 Å². The van der Waals surface area contributed by atoms with Gasteiger partial charge in [-0.15, -0.1) is 11.3 Å². The molecule has 0 bridgehead atoms. The monoisotopic (exact) mass is 363 g/mol. The summed E-state index contributed by atoms with van der Waals surface area (Å²) < 4.78 is 24.2. The van der Waals surface area contributed by atoms with Crippen molar-refractivity contribution in [3.8, 4) is 10.4 Å². The Kier molecular flexibility index (Phi) is 5.06. The molecule has 1 aromatic carbocycles. The van der Waals surface area contributed by atoms with Crippen LogP contribution >= 0.6 is 11.3 Å². The van der Waals surface area contributed by atoms with Gasteiger partial charge in [-0.3, -0.25) is 4.79 Å². The second kappa shape index (κ2) is 7.07. The largest absolute Gasteiger partial charge is 0.349 e. The molecule has 6 heteroatoms. The molecule has 0 atom stereocenters. The zero-order valence-electron chi connectivity index (χ0n) is 13.6. The van der Waals surface area contributed by atoms with Crippen LogP contribution in [0.15, 0.2) is 40.6 Å². The molecule has 1 fully saturated rings. The molecule has 1 aliphatic rings. The Balaban J connectivity index is 1.73. The van der Waals surface area contributed by atoms with E-state index in [9.17, 15) is 13.2 Å². The van der Waals surface area contributed by atoms with Gasteiger partial charge < -0.3 is 5.32 Å². The van der Waals surface area contributed by atoms with Crippen LogP contribution < -0.4 is 5.32 Å². The van der Waals surface area contributed by atoms with Crippen molar-refractivity contribution < 1.29 is 13.2 Å². The maximum atomic E-state index is 12.2. The minimum Gasteiger partial charge on any atom is -0.349 e. The van der Waals surface area contributed by atoms with Gasteiger partial charge in [0.15, 0.2) is 9.84 Å². The number of thiophene rings is 1. The molecule has 128 valence electrons. The number of nitrogens with one attached hydrogen (secondary N) is 1. The van der Waals surface area contributed by atoms with Crippen LogP contribution in [0.5, 0.6) is 0 Å². The molecule has 0 saturated heterocycles. The fourth-order valence-electron chi connectivity index (χ4n) is 2.91. The van der Waals surface area contributed by atoms with Gasteiger partial charge in [-0.05, 0) is 42.7 Å². The van der Waals surface area contributed by atoms with E-state index < -0.39 is 9.84 Å². The Morgan fingerprint density at radius 1 is 1.12 bits per heavy atom. The number of carbonyl (C=O) groups excluding carboxylic acids is 1. The lowest BCUT2D eigenvalue weighted by Gasteiger charge is -2.11. The van der Waals surface area contributed by atoms with Gasteiger partial charge in [0, 0.05) is 16.5 Å². The van der Waals surface area contributed by atoms with Crippen LogP contribution in [0.3, 0.4) is 0 Å². The summed E-state index contributed by atoms with van der Waals surface area (Å²) in [5.41, 5.74) is 1.57. The maximum Gasteiger partial charge on any atom is 0.251 e. The highest BCUT2D eigenvalue weighted by molar-refractivity contribution is 7.93. The van der Waals surface area contributed by atoms with Crippen molar-refractivity contribution in [2.24, 2.45) is 0 Å². The van der Waals surface area contributed by atoms with Crippen molar-refractivity contribution >= 4 is 27.1 Å². The molecule has 4 nitrogen and oxygen atoms in total. The first-order valence-corrected chi connectivity index (χ1v) is 10.7. The molecule has 1 saturated carbocycles. The van der Waals surface area contributed by atoms with E-state index in [1.807, 2.05) is 18.2 Å². The summed E-state index contributed by atoms with van der Waals surface area (Å²) >= 11 is 1.27. The summed E-state index contributed by atoms with van der Waals surface area (Å²) in [7, 11) is -3.17. The lowest BCUT2D eigenvalue weighted by Crippen LogP contribution is -2.32. The van der Waals surface area contributed by atoms with Crippen molar-refractivity contribution in [2.75, 3.05) is 5.75 Å². The van der Waals surface area contributed by atoms with Gasteiger partial charge in [0.25, 0.3) is 5.91 Å². The molecule has 2 aromatic rings. The van der Waals surface area contributed by atoms with E-state index in [1.54, 1.807) is 25.1 Å². The number of hydrogen-bond donors (Lipinski definition) is 1. The lowest BCUT2D eigenvalue weighted by molar-refractivity contribution is 0.0938. The van der Waals surface area contributed by atoms with Crippen LogP contribution in [0.1, 0.15) is 43.0 Å². The molecule has 1 aromatic heterocycles. The predicted molar refractivity (Wildman–Crippen MR) is 97.2 cm³/mol. The minimum absolute atomic E-state index is 0.0334. The number of carbonyl (C=O) groups is 1. The van der Waals surface area contributed by atoms with Crippen LogP contribution in [-0.2, 0) is 9.84 Å². The van der Waals surface area contributed by atoms with Gasteiger partial charge in [0.05, 0.1) is 5.75 Å². The highest BCUT2D eigenvalue weighted by atomic mass is 32.2. The third-order valence-electron chi connectivity index (χ3n) is 4.39. The van der Waals surface area contributed by atoms with Gasteiger partial charge in [0.2, 0.25) is 0 Å². The molecule has 1 amide bonds. The Labute approximate surface area is 146 Å². The van der Waals surface area contributed by atoms with Gasteiger partial charge in [0.1, 0.15) is 4.21 Å². The molecule has 1 heterocycles. The smallest absolute Gasteiger partial charge is 0.251 e. The van der Waals surface area contributed by atoms with Crippen molar-refractivity contribution in [3.05, 3.63) is 42.0 Å². The number of rotatable bonds is 5. The van der Waals surface area contributed by atoms with Gasteiger partial charge >= 0.3 is 0 Å². The summed E-state index contributed by atoms with van der Waals surface area (Å²) in [6.45, 7) is 1.65. The van der Waals surface area contributed by atoms with E-state index in [2.05, 4.69) is 5.32 Å². The molecular weight excluding hydrogens is 342 g/mol. The zero-order valence-corrected chi connectivity index (χ0v) is 15.3. The second-order valence-corrected chi connectivity index (χ2v) is 9.64. The molecule has 3 rings (SSSR count). The first-order valence-electron chi connectivity index (χ1n) is 8.23. The van der Waals surface area contributed by atoms with Crippen LogP contribution in [0.25, 0.3) is 10.4 Å². The van der Waals surface area contributed by atoms with E-state index in [4.69, 9.17) is 0 Å². The summed E-state index contributed by atoms with van der Waals surface area (Å²) in [6.07, 6.45) is 4.50. The maximum absolute atomic E-state index is 12.2. The van der Waals surface area contributed by atoms with Gasteiger partial charge in [-0.25, -0.2) is 8.42 Å². The molecule has 0 aliphatic heterocycles. The van der Waals surface area contributed by atoms with Crippen LogP contribution in [-0.4, -0.2) is 26.1 Å². The Bertz CT molecular complexity index is 816. The molecule has 0 unspecified atom stereocenters. The molecule has 0 spiro atoms. The summed E-state index contributed by atoms with van der Waals surface area (Å²) in [4.78, 5) is 13.1. The van der Waals surface area contributed by atoms with Crippen molar-refractivity contribution in [2.45, 2.75) is 42.9 Å². The molecule has 1 N–H and O–H groups in total. The second-order valence-electron chi connectivity index (χ2n) is 6.05. The number of hydrogen-bond acceptors (Lipinski definition) is 4. The zero-order chi connectivity index (χ0) is 17.2. The standard InChI is InChI=1S/C18H21NO3S2/c1-2-24(21,22)17-12-11-16(23-17)13-7-9-14(10-8-13)18(20)19-15-5-3-4-6-15/h7-12,15H,2-6H2,1H3,(H,19,20). The number of sulfone groups is 1. The molecular formula is C18H21NO3S2. The Morgan fingerprint density at radius 3 is 2.42 bits per heavy atom. The Morgan fingerprint density at radius 2 is 1.79 bits per heavy atom. The van der Waals surface area contributed by atoms with Crippen molar-refractivity contribution in [1.29, 1.82) is 0 Å². The normalized spacial score (nSPS) is 15.5. The highest BCUT2D eigenvalue weighted by Crippen LogP contribution is 2.31. The Hall–Kier alpha value is -1.66. The first kappa shape index (κ1) is 17.2. The average molecular weight is 364 g/mol. The first-order chi connectivity index (χ1) is 11.5. The molecule has 24 heavy (non-hydrogen) atoms. The van der Waals surface area contributed by atoms with Crippen molar-refractivity contribution in [3.63, 3.8) is 0 Å². The quantitative estimate of drug-likeness (QED) is 0.877. The summed E-state index contributed by atoms with van der Waals surface area (Å²) in [5, 5.41) is 3.07. The fraction of sp³-hybridized carbons (Fsp3) is 0.389. The molecule has 0 radical (unpaired) electrons. The van der Waals surface area contributed by atoms with E-state index >= 15 is 0 Å². The molecule has 1 aliphatic carbocycles. The average Bonchev–Trinajstić information content (AvgIpc) is 3.27. The van der Waals surface area contributed by atoms with Gasteiger partial charge in [-0.1, -0.05) is 31.9 Å². The SMILES string of the molecule is CCS(=O)(=O)c1ccc(-c2ccc(C(=O)NC3CCCC3)cc2)s1. The summed E-state index contributed by atoms with van der Waals surface area (Å²) in [5.74, 6) is 0.0709. The van der Waals surface area contributed by atoms with E-state index in [1.165, 1.54) is 24.2 Å². The van der Waals surface area contributed by atoms with Crippen LogP contribution in [0.4, 0.5) is 0 Å². The fourth-order valence-corrected chi connectivity index (χ4v) is 5.34. The third kappa shape index (κ3) is 3.70. The lowest BCUT2D eigenvalue weighted by atomic mass is 10.1. The highest BCUT2D eigenvalue weighted by Gasteiger charge is 2.18. The summed E-state index contributed by atoms with van der Waals surface area (Å²) in [6, 6.07) is 11.1. The van der Waals surface area contributed by atoms with E-state index in [-0.39, 0.29) is 11.7 Å². The van der Waals surface area contributed by atoms with E-state index in [0.29, 0.717) is 15.8 Å². The number of benzene rings is 1.